The third-order valence-corrected chi connectivity index (χ3v) is 6.66. The molecular formula is C37H58O6. The van der Waals surface area contributed by atoms with Crippen molar-refractivity contribution in [2.45, 2.75) is 150 Å². The van der Waals surface area contributed by atoms with E-state index < -0.39 is 18.0 Å². The van der Waals surface area contributed by atoms with Gasteiger partial charge in [0.15, 0.2) is 0 Å². The number of esters is 3. The van der Waals surface area contributed by atoms with Gasteiger partial charge in [0.25, 0.3) is 0 Å². The molecule has 0 aliphatic carbocycles. The highest BCUT2D eigenvalue weighted by Crippen LogP contribution is 2.18. The molecule has 6 nitrogen and oxygen atoms in total. The van der Waals surface area contributed by atoms with E-state index in [-0.39, 0.29) is 19.0 Å². The number of ether oxygens (including phenoxy) is 3. The van der Waals surface area contributed by atoms with E-state index in [1.165, 1.54) is 77.9 Å². The minimum atomic E-state index is -0.666. The highest BCUT2D eigenvalue weighted by Gasteiger charge is 2.18. The van der Waals surface area contributed by atoms with Crippen LogP contribution in [0.5, 0.6) is 0 Å². The maximum Gasteiger partial charge on any atom is 0.307 e. The molecule has 0 amide bonds. The van der Waals surface area contributed by atoms with E-state index in [2.05, 4.69) is 30.9 Å². The van der Waals surface area contributed by atoms with Gasteiger partial charge in [-0.3, -0.25) is 14.4 Å². The van der Waals surface area contributed by atoms with Crippen LogP contribution in [0.4, 0.5) is 0 Å². The first-order valence-electron chi connectivity index (χ1n) is 16.3. The molecule has 0 radical (unpaired) electrons. The number of unbranched alkanes of at least 4 members (excludes halogenated alkanes) is 11. The summed E-state index contributed by atoms with van der Waals surface area (Å²) in [5.74, 6) is 4.83. The third kappa shape index (κ3) is 27.5. The van der Waals surface area contributed by atoms with Crippen LogP contribution < -0.4 is 0 Å². The van der Waals surface area contributed by atoms with Crippen LogP contribution in [-0.4, -0.2) is 30.6 Å². The summed E-state index contributed by atoms with van der Waals surface area (Å²) in [5.41, 5.74) is 2.49. The number of hydrogen-bond acceptors (Lipinski definition) is 6. The predicted octanol–water partition coefficient (Wildman–Crippen LogP) is 9.64. The normalized spacial score (nSPS) is 12.3. The summed E-state index contributed by atoms with van der Waals surface area (Å²) >= 11 is 0. The summed E-state index contributed by atoms with van der Waals surface area (Å²) in [6, 6.07) is 0. The molecule has 0 aromatic carbocycles. The zero-order valence-electron chi connectivity index (χ0n) is 27.9. The van der Waals surface area contributed by atoms with Gasteiger partial charge in [0.2, 0.25) is 0 Å². The summed E-state index contributed by atoms with van der Waals surface area (Å²) in [6.45, 7) is 10.8. The van der Waals surface area contributed by atoms with Crippen molar-refractivity contribution in [2.24, 2.45) is 0 Å². The van der Waals surface area contributed by atoms with Crippen LogP contribution in [0.25, 0.3) is 0 Å². The van der Waals surface area contributed by atoms with Crippen LogP contribution in [0, 0.1) is 11.8 Å². The van der Waals surface area contributed by atoms with Crippen LogP contribution in [0.15, 0.2) is 47.3 Å². The lowest BCUT2D eigenvalue weighted by atomic mass is 10.0. The first-order chi connectivity index (χ1) is 20.6. The average molecular weight is 599 g/mol. The molecule has 0 heterocycles. The SMILES string of the molecule is CCCCCCCC/C=C/CCCCCCCC(=O)OCC/C(=C/OC(C)=O)C(C/C=C(\C)C#CC=C(C)C)OC(C)=O. The first kappa shape index (κ1) is 39.9. The van der Waals surface area contributed by atoms with Gasteiger partial charge in [0, 0.05) is 38.7 Å². The fraction of sp³-hybridized carbons (Fsp3) is 0.649. The molecule has 0 fully saturated rings. The van der Waals surface area contributed by atoms with Gasteiger partial charge < -0.3 is 14.2 Å². The smallest absolute Gasteiger partial charge is 0.307 e. The van der Waals surface area contributed by atoms with Crippen LogP contribution >= 0.6 is 0 Å². The van der Waals surface area contributed by atoms with Crippen LogP contribution in [0.1, 0.15) is 144 Å². The lowest BCUT2D eigenvalue weighted by Gasteiger charge is -2.19. The topological polar surface area (TPSA) is 78.9 Å². The first-order valence-corrected chi connectivity index (χ1v) is 16.3. The summed E-state index contributed by atoms with van der Waals surface area (Å²) in [7, 11) is 0. The Labute approximate surface area is 262 Å². The Balaban J connectivity index is 4.48. The Kier molecular flexibility index (Phi) is 25.8. The zero-order valence-corrected chi connectivity index (χ0v) is 27.9. The van der Waals surface area contributed by atoms with Crippen molar-refractivity contribution in [1.29, 1.82) is 0 Å². The summed E-state index contributed by atoms with van der Waals surface area (Å²) in [5, 5.41) is 0. The van der Waals surface area contributed by atoms with Crippen molar-refractivity contribution in [1.82, 2.24) is 0 Å². The fourth-order valence-electron chi connectivity index (χ4n) is 4.25. The molecule has 0 saturated heterocycles. The second-order valence-electron chi connectivity index (χ2n) is 11.3. The molecule has 1 atom stereocenters. The molecule has 0 aromatic heterocycles. The average Bonchev–Trinajstić information content (AvgIpc) is 2.94. The fourth-order valence-corrected chi connectivity index (χ4v) is 4.25. The molecule has 6 heteroatoms. The van der Waals surface area contributed by atoms with Crippen LogP contribution in [0.3, 0.4) is 0 Å². The maximum absolute atomic E-state index is 12.3. The Morgan fingerprint density at radius 3 is 1.93 bits per heavy atom. The quantitative estimate of drug-likeness (QED) is 0.0291. The molecule has 1 unspecified atom stereocenters. The van der Waals surface area contributed by atoms with Crippen molar-refractivity contribution < 1.29 is 28.6 Å². The van der Waals surface area contributed by atoms with E-state index in [1.54, 1.807) is 0 Å². The van der Waals surface area contributed by atoms with Gasteiger partial charge in [0.1, 0.15) is 6.10 Å². The van der Waals surface area contributed by atoms with Crippen molar-refractivity contribution >= 4 is 17.9 Å². The van der Waals surface area contributed by atoms with Gasteiger partial charge in [-0.2, -0.15) is 0 Å². The standard InChI is InChI=1S/C37H58O6/c1-7-8-9-10-11-12-13-14-15-16-17-18-19-20-21-25-37(40)41-29-28-35(30-42-33(5)38)36(43-34(6)39)27-26-32(4)24-22-23-31(2)3/h14-15,23,26,30,36H,7-13,16-21,25,27-29H2,1-6H3/b15-14+,32-26+,35-30-. The molecule has 0 rings (SSSR count). The van der Waals surface area contributed by atoms with Gasteiger partial charge in [-0.05, 0) is 64.5 Å². The molecule has 0 aliphatic heterocycles. The summed E-state index contributed by atoms with van der Waals surface area (Å²) in [4.78, 5) is 35.5. The van der Waals surface area contributed by atoms with Gasteiger partial charge in [-0.1, -0.05) is 93.9 Å². The molecule has 0 aliphatic rings. The Morgan fingerprint density at radius 1 is 0.744 bits per heavy atom. The van der Waals surface area contributed by atoms with E-state index in [0.29, 0.717) is 18.4 Å². The molecule has 43 heavy (non-hydrogen) atoms. The third-order valence-electron chi connectivity index (χ3n) is 6.66. The van der Waals surface area contributed by atoms with Crippen molar-refractivity contribution in [3.63, 3.8) is 0 Å². The zero-order chi connectivity index (χ0) is 32.1. The van der Waals surface area contributed by atoms with Gasteiger partial charge in [0.05, 0.1) is 12.9 Å². The predicted molar refractivity (Wildman–Crippen MR) is 176 cm³/mol. The Hall–Kier alpha value is -3.07. The van der Waals surface area contributed by atoms with E-state index >= 15 is 0 Å². The number of carbonyl (C=O) groups is 3. The number of hydrogen-bond donors (Lipinski definition) is 0. The monoisotopic (exact) mass is 598 g/mol. The molecule has 0 saturated carbocycles. The second-order valence-corrected chi connectivity index (χ2v) is 11.3. The largest absolute Gasteiger partial charge is 0.465 e. The van der Waals surface area contributed by atoms with Crippen LogP contribution in [0.2, 0.25) is 0 Å². The number of allylic oxidation sites excluding steroid dienone is 5. The van der Waals surface area contributed by atoms with Gasteiger partial charge >= 0.3 is 17.9 Å². The minimum Gasteiger partial charge on any atom is -0.465 e. The minimum absolute atomic E-state index is 0.109. The lowest BCUT2D eigenvalue weighted by Crippen LogP contribution is -2.21. The number of carbonyl (C=O) groups excluding carboxylic acids is 3. The molecule has 0 aromatic rings. The molecular weight excluding hydrogens is 540 g/mol. The Bertz CT molecular complexity index is 969. The van der Waals surface area contributed by atoms with E-state index in [9.17, 15) is 14.4 Å². The highest BCUT2D eigenvalue weighted by atomic mass is 16.6. The maximum atomic E-state index is 12.3. The molecule has 0 bridgehead atoms. The lowest BCUT2D eigenvalue weighted by molar-refractivity contribution is -0.146. The molecule has 0 N–H and O–H groups in total. The van der Waals surface area contributed by atoms with E-state index in [0.717, 1.165) is 36.8 Å². The number of rotatable bonds is 23. The van der Waals surface area contributed by atoms with Gasteiger partial charge in [-0.25, -0.2) is 0 Å². The van der Waals surface area contributed by atoms with Gasteiger partial charge in [-0.15, -0.1) is 0 Å². The van der Waals surface area contributed by atoms with Crippen LogP contribution in [-0.2, 0) is 28.6 Å². The second kappa shape index (κ2) is 27.7. The summed E-state index contributed by atoms with van der Waals surface area (Å²) in [6.07, 6.45) is 25.7. The summed E-state index contributed by atoms with van der Waals surface area (Å²) < 4.78 is 16.0. The highest BCUT2D eigenvalue weighted by molar-refractivity contribution is 5.69. The molecule has 0 spiro atoms. The van der Waals surface area contributed by atoms with Crippen molar-refractivity contribution in [3.8, 4) is 11.8 Å². The molecule has 242 valence electrons. The van der Waals surface area contributed by atoms with Crippen molar-refractivity contribution in [3.05, 3.63) is 47.3 Å². The van der Waals surface area contributed by atoms with E-state index in [1.807, 2.05) is 32.9 Å². The Morgan fingerprint density at radius 2 is 1.35 bits per heavy atom. The van der Waals surface area contributed by atoms with E-state index in [4.69, 9.17) is 14.2 Å². The van der Waals surface area contributed by atoms with Crippen molar-refractivity contribution in [2.75, 3.05) is 6.61 Å².